The number of ketones is 1. The van der Waals surface area contributed by atoms with Crippen molar-refractivity contribution < 1.29 is 19.1 Å². The minimum atomic E-state index is -1.14. The number of rotatable bonds is 3. The van der Waals surface area contributed by atoms with Crippen LogP contribution in [0.4, 0.5) is 4.39 Å². The number of benzene rings is 2. The van der Waals surface area contributed by atoms with Gasteiger partial charge in [0.15, 0.2) is 5.78 Å². The third-order valence-corrected chi connectivity index (χ3v) is 3.10. The van der Waals surface area contributed by atoms with Crippen molar-refractivity contribution in [3.05, 3.63) is 58.4 Å². The number of carbonyl (C=O) groups excluding carboxylic acids is 1. The number of aromatic carboxylic acids is 1. The molecule has 2 aromatic carbocycles. The van der Waals surface area contributed by atoms with E-state index in [0.29, 0.717) is 10.6 Å². The molecule has 0 unspecified atom stereocenters. The summed E-state index contributed by atoms with van der Waals surface area (Å²) < 4.78 is 13.3. The Morgan fingerprint density at radius 1 is 1.05 bits per heavy atom. The second kappa shape index (κ2) is 5.43. The highest BCUT2D eigenvalue weighted by Gasteiger charge is 2.17. The van der Waals surface area contributed by atoms with Gasteiger partial charge < -0.3 is 5.11 Å². The standard InChI is InChI=1S/C15H10ClFO3/c1-8(18)13-7-10(17)3-5-11(13)14-6-9(16)2-4-12(14)15(19)20/h2-7H,1H3,(H,19,20). The van der Waals surface area contributed by atoms with Crippen LogP contribution >= 0.6 is 11.6 Å². The summed E-state index contributed by atoms with van der Waals surface area (Å²) in [6.07, 6.45) is 0. The molecule has 0 amide bonds. The summed E-state index contributed by atoms with van der Waals surface area (Å²) in [5.74, 6) is -2.05. The molecule has 0 radical (unpaired) electrons. The van der Waals surface area contributed by atoms with E-state index in [1.165, 1.54) is 37.3 Å². The van der Waals surface area contributed by atoms with Gasteiger partial charge in [-0.25, -0.2) is 9.18 Å². The molecule has 0 aliphatic heterocycles. The van der Waals surface area contributed by atoms with E-state index in [4.69, 9.17) is 11.6 Å². The van der Waals surface area contributed by atoms with Crippen LogP contribution in [-0.4, -0.2) is 16.9 Å². The zero-order valence-electron chi connectivity index (χ0n) is 10.5. The molecular formula is C15H10ClFO3. The highest BCUT2D eigenvalue weighted by Crippen LogP contribution is 2.30. The lowest BCUT2D eigenvalue weighted by Gasteiger charge is -2.11. The summed E-state index contributed by atoms with van der Waals surface area (Å²) in [5, 5.41) is 9.54. The van der Waals surface area contributed by atoms with E-state index in [9.17, 15) is 19.1 Å². The molecule has 20 heavy (non-hydrogen) atoms. The minimum absolute atomic E-state index is 0.00325. The van der Waals surface area contributed by atoms with E-state index in [2.05, 4.69) is 0 Å². The Kier molecular flexibility index (Phi) is 3.86. The van der Waals surface area contributed by atoms with Gasteiger partial charge in [-0.05, 0) is 48.4 Å². The van der Waals surface area contributed by atoms with Gasteiger partial charge in [-0.2, -0.15) is 0 Å². The van der Waals surface area contributed by atoms with Crippen molar-refractivity contribution in [3.63, 3.8) is 0 Å². The number of carboxylic acids is 1. The average molecular weight is 293 g/mol. The zero-order chi connectivity index (χ0) is 14.9. The Balaban J connectivity index is 2.77. The summed E-state index contributed by atoms with van der Waals surface area (Å²) in [6.45, 7) is 1.29. The first kappa shape index (κ1) is 14.2. The fourth-order valence-corrected chi connectivity index (χ4v) is 2.14. The summed E-state index contributed by atoms with van der Waals surface area (Å²) in [5.41, 5.74) is 0.757. The van der Waals surface area contributed by atoms with Crippen molar-refractivity contribution in [2.75, 3.05) is 0 Å². The number of hydrogen-bond donors (Lipinski definition) is 1. The van der Waals surface area contributed by atoms with Crippen molar-refractivity contribution in [2.45, 2.75) is 6.92 Å². The van der Waals surface area contributed by atoms with E-state index >= 15 is 0 Å². The molecule has 0 aliphatic rings. The largest absolute Gasteiger partial charge is 0.478 e. The van der Waals surface area contributed by atoms with Crippen molar-refractivity contribution in [2.24, 2.45) is 0 Å². The Morgan fingerprint density at radius 3 is 2.35 bits per heavy atom. The maximum atomic E-state index is 13.3. The Morgan fingerprint density at radius 2 is 1.75 bits per heavy atom. The lowest BCUT2D eigenvalue weighted by molar-refractivity contribution is 0.0697. The number of carbonyl (C=O) groups is 2. The molecule has 2 rings (SSSR count). The molecule has 0 saturated heterocycles. The molecule has 0 heterocycles. The molecule has 0 atom stereocenters. The highest BCUT2D eigenvalue weighted by atomic mass is 35.5. The summed E-state index contributed by atoms with van der Waals surface area (Å²) in [7, 11) is 0. The number of halogens is 2. The molecule has 0 saturated carbocycles. The van der Waals surface area contributed by atoms with Crippen LogP contribution in [0.2, 0.25) is 5.02 Å². The van der Waals surface area contributed by atoms with E-state index in [1.807, 2.05) is 0 Å². The van der Waals surface area contributed by atoms with Crippen LogP contribution in [-0.2, 0) is 0 Å². The number of carboxylic acid groups (broad SMARTS) is 1. The van der Waals surface area contributed by atoms with E-state index < -0.39 is 11.8 Å². The molecule has 0 aromatic heterocycles. The molecule has 3 nitrogen and oxygen atoms in total. The van der Waals surface area contributed by atoms with Gasteiger partial charge in [0.25, 0.3) is 0 Å². The predicted molar refractivity (Wildman–Crippen MR) is 73.8 cm³/mol. The van der Waals surface area contributed by atoms with Crippen LogP contribution in [0.5, 0.6) is 0 Å². The Labute approximate surface area is 119 Å². The molecule has 0 fully saturated rings. The van der Waals surface area contributed by atoms with Gasteiger partial charge in [-0.3, -0.25) is 4.79 Å². The number of hydrogen-bond acceptors (Lipinski definition) is 2. The lowest BCUT2D eigenvalue weighted by Crippen LogP contribution is -2.03. The van der Waals surface area contributed by atoms with Gasteiger partial charge >= 0.3 is 5.97 Å². The van der Waals surface area contributed by atoms with E-state index in [0.717, 1.165) is 6.07 Å². The predicted octanol–water partition coefficient (Wildman–Crippen LogP) is 4.05. The second-order valence-corrected chi connectivity index (χ2v) is 4.68. The molecule has 0 aliphatic carbocycles. The van der Waals surface area contributed by atoms with Crippen LogP contribution < -0.4 is 0 Å². The second-order valence-electron chi connectivity index (χ2n) is 4.24. The van der Waals surface area contributed by atoms with Gasteiger partial charge in [0.05, 0.1) is 5.56 Å². The van der Waals surface area contributed by atoms with Gasteiger partial charge in [-0.15, -0.1) is 0 Å². The topological polar surface area (TPSA) is 54.4 Å². The van der Waals surface area contributed by atoms with Gasteiger partial charge in [0.1, 0.15) is 5.82 Å². The average Bonchev–Trinajstić information content (AvgIpc) is 2.38. The Bertz CT molecular complexity index is 710. The quantitative estimate of drug-likeness (QED) is 0.868. The minimum Gasteiger partial charge on any atom is -0.478 e. The normalized spacial score (nSPS) is 10.3. The first-order valence-corrected chi connectivity index (χ1v) is 6.11. The summed E-state index contributed by atoms with van der Waals surface area (Å²) in [4.78, 5) is 22.9. The van der Waals surface area contributed by atoms with Crippen molar-refractivity contribution in [1.82, 2.24) is 0 Å². The molecule has 0 spiro atoms. The molecule has 0 bridgehead atoms. The fourth-order valence-electron chi connectivity index (χ4n) is 1.97. The SMILES string of the molecule is CC(=O)c1cc(F)ccc1-c1cc(Cl)ccc1C(=O)O. The van der Waals surface area contributed by atoms with Gasteiger partial charge in [0, 0.05) is 10.6 Å². The fraction of sp³-hybridized carbons (Fsp3) is 0.0667. The zero-order valence-corrected chi connectivity index (χ0v) is 11.2. The van der Waals surface area contributed by atoms with Crippen molar-refractivity contribution in [3.8, 4) is 11.1 Å². The first-order chi connectivity index (χ1) is 9.40. The van der Waals surface area contributed by atoms with Crippen molar-refractivity contribution in [1.29, 1.82) is 0 Å². The van der Waals surface area contributed by atoms with E-state index in [1.54, 1.807) is 0 Å². The smallest absolute Gasteiger partial charge is 0.336 e. The maximum absolute atomic E-state index is 13.3. The van der Waals surface area contributed by atoms with Crippen LogP contribution in [0.3, 0.4) is 0 Å². The summed E-state index contributed by atoms with van der Waals surface area (Å²) in [6, 6.07) is 7.89. The molecule has 5 heteroatoms. The van der Waals surface area contributed by atoms with Crippen LogP contribution in [0.15, 0.2) is 36.4 Å². The summed E-state index contributed by atoms with van der Waals surface area (Å²) >= 11 is 5.88. The first-order valence-electron chi connectivity index (χ1n) is 5.74. The highest BCUT2D eigenvalue weighted by molar-refractivity contribution is 6.31. The van der Waals surface area contributed by atoms with Gasteiger partial charge in [-0.1, -0.05) is 17.7 Å². The molecule has 102 valence electrons. The lowest BCUT2D eigenvalue weighted by atomic mass is 9.93. The molecule has 2 aromatic rings. The molecule has 1 N–H and O–H groups in total. The van der Waals surface area contributed by atoms with Crippen LogP contribution in [0.25, 0.3) is 11.1 Å². The maximum Gasteiger partial charge on any atom is 0.336 e. The van der Waals surface area contributed by atoms with Crippen molar-refractivity contribution >= 4 is 23.4 Å². The van der Waals surface area contributed by atoms with E-state index in [-0.39, 0.29) is 22.5 Å². The number of Topliss-reactive ketones (excluding diaryl/α,β-unsaturated/α-hetero) is 1. The monoisotopic (exact) mass is 292 g/mol. The van der Waals surface area contributed by atoms with Gasteiger partial charge in [0.2, 0.25) is 0 Å². The third kappa shape index (κ3) is 2.70. The van der Waals surface area contributed by atoms with Crippen LogP contribution in [0.1, 0.15) is 27.6 Å². The Hall–Kier alpha value is -2.20. The molecular weight excluding hydrogens is 283 g/mol. The third-order valence-electron chi connectivity index (χ3n) is 2.86. The van der Waals surface area contributed by atoms with Crippen LogP contribution in [0, 0.1) is 5.82 Å².